The number of amides is 2. The number of aliphatic imine (C=N–C) groups is 1. The van der Waals surface area contributed by atoms with Gasteiger partial charge in [0.1, 0.15) is 5.60 Å². The Hall–Kier alpha value is -1.99. The third-order valence-corrected chi connectivity index (χ3v) is 4.39. The standard InChI is InChI=1S/C19H37N5O3/c1-7-20-16(21-12-13-22-17(26)27-18(2,3)4)23-14-19(10-8-9-11-19)15(25)24(5)6/h7-14H2,1-6H3,(H,22,26)(H2,20,21,23). The van der Waals surface area contributed by atoms with Crippen molar-refractivity contribution in [1.82, 2.24) is 20.9 Å². The molecule has 1 saturated carbocycles. The summed E-state index contributed by atoms with van der Waals surface area (Å²) in [6.07, 6.45) is 3.46. The van der Waals surface area contributed by atoms with Gasteiger partial charge in [0.05, 0.1) is 12.0 Å². The van der Waals surface area contributed by atoms with E-state index in [9.17, 15) is 9.59 Å². The SMILES string of the molecule is CCNC(=NCC1(C(=O)N(C)C)CCCC1)NCCNC(=O)OC(C)(C)C. The lowest BCUT2D eigenvalue weighted by atomic mass is 9.85. The minimum Gasteiger partial charge on any atom is -0.444 e. The lowest BCUT2D eigenvalue weighted by Crippen LogP contribution is -2.44. The monoisotopic (exact) mass is 383 g/mol. The zero-order valence-corrected chi connectivity index (χ0v) is 17.8. The van der Waals surface area contributed by atoms with E-state index in [-0.39, 0.29) is 11.3 Å². The van der Waals surface area contributed by atoms with Crippen LogP contribution in [0.15, 0.2) is 4.99 Å². The van der Waals surface area contributed by atoms with E-state index in [1.165, 1.54) is 0 Å². The van der Waals surface area contributed by atoms with Gasteiger partial charge >= 0.3 is 6.09 Å². The number of ether oxygens (including phenoxy) is 1. The van der Waals surface area contributed by atoms with Gasteiger partial charge in [-0.05, 0) is 40.5 Å². The summed E-state index contributed by atoms with van der Waals surface area (Å²) in [6, 6.07) is 0. The summed E-state index contributed by atoms with van der Waals surface area (Å²) >= 11 is 0. The van der Waals surface area contributed by atoms with Gasteiger partial charge in [-0.15, -0.1) is 0 Å². The van der Waals surface area contributed by atoms with Crippen LogP contribution in [0.3, 0.4) is 0 Å². The maximum atomic E-state index is 12.6. The van der Waals surface area contributed by atoms with E-state index in [4.69, 9.17) is 4.74 Å². The molecule has 0 spiro atoms. The maximum absolute atomic E-state index is 12.6. The molecule has 8 nitrogen and oxygen atoms in total. The van der Waals surface area contributed by atoms with E-state index in [1.807, 2.05) is 27.7 Å². The van der Waals surface area contributed by atoms with Crippen molar-refractivity contribution in [2.24, 2.45) is 10.4 Å². The van der Waals surface area contributed by atoms with Crippen LogP contribution in [0.25, 0.3) is 0 Å². The molecule has 0 unspecified atom stereocenters. The van der Waals surface area contributed by atoms with Crippen molar-refractivity contribution in [2.45, 2.75) is 59.0 Å². The number of nitrogens with zero attached hydrogens (tertiary/aromatic N) is 2. The molecule has 0 aromatic rings. The number of carbonyl (C=O) groups is 2. The van der Waals surface area contributed by atoms with Crippen LogP contribution >= 0.6 is 0 Å². The van der Waals surface area contributed by atoms with Gasteiger partial charge in [0.15, 0.2) is 5.96 Å². The molecular formula is C19H37N5O3. The minimum atomic E-state index is -0.511. The number of hydrogen-bond donors (Lipinski definition) is 3. The Labute approximate surface area is 163 Å². The molecule has 156 valence electrons. The summed E-state index contributed by atoms with van der Waals surface area (Å²) < 4.78 is 5.20. The highest BCUT2D eigenvalue weighted by atomic mass is 16.6. The molecule has 1 fully saturated rings. The van der Waals surface area contributed by atoms with Gasteiger partial charge in [-0.3, -0.25) is 9.79 Å². The lowest BCUT2D eigenvalue weighted by Gasteiger charge is -2.29. The third-order valence-electron chi connectivity index (χ3n) is 4.39. The van der Waals surface area contributed by atoms with Gasteiger partial charge in [-0.2, -0.15) is 0 Å². The summed E-state index contributed by atoms with van der Waals surface area (Å²) in [6.45, 7) is 9.60. The second kappa shape index (κ2) is 10.4. The molecule has 1 aliphatic rings. The van der Waals surface area contributed by atoms with Crippen LogP contribution < -0.4 is 16.0 Å². The Morgan fingerprint density at radius 2 is 1.67 bits per heavy atom. The number of rotatable bonds is 7. The number of guanidine groups is 1. The summed E-state index contributed by atoms with van der Waals surface area (Å²) in [4.78, 5) is 30.6. The molecule has 0 aromatic carbocycles. The fourth-order valence-corrected chi connectivity index (χ4v) is 3.20. The number of hydrogen-bond acceptors (Lipinski definition) is 4. The fourth-order valence-electron chi connectivity index (χ4n) is 3.20. The fraction of sp³-hybridized carbons (Fsp3) is 0.842. The quantitative estimate of drug-likeness (QED) is 0.353. The first-order chi connectivity index (χ1) is 12.6. The van der Waals surface area contributed by atoms with Crippen LogP contribution in [0.2, 0.25) is 0 Å². The molecule has 8 heteroatoms. The molecule has 1 rings (SSSR count). The van der Waals surface area contributed by atoms with Crippen molar-refractivity contribution < 1.29 is 14.3 Å². The highest BCUT2D eigenvalue weighted by Crippen LogP contribution is 2.39. The van der Waals surface area contributed by atoms with E-state index in [0.29, 0.717) is 25.6 Å². The molecule has 0 aliphatic heterocycles. The molecule has 27 heavy (non-hydrogen) atoms. The van der Waals surface area contributed by atoms with Crippen molar-refractivity contribution in [1.29, 1.82) is 0 Å². The van der Waals surface area contributed by atoms with Gasteiger partial charge in [0.25, 0.3) is 0 Å². The Morgan fingerprint density at radius 1 is 1.07 bits per heavy atom. The van der Waals surface area contributed by atoms with Gasteiger partial charge < -0.3 is 25.6 Å². The van der Waals surface area contributed by atoms with Crippen molar-refractivity contribution in [3.05, 3.63) is 0 Å². The van der Waals surface area contributed by atoms with Crippen molar-refractivity contribution in [3.8, 4) is 0 Å². The average Bonchev–Trinajstić information content (AvgIpc) is 3.04. The van der Waals surface area contributed by atoms with Crippen molar-refractivity contribution >= 4 is 18.0 Å². The van der Waals surface area contributed by atoms with E-state index in [2.05, 4.69) is 20.9 Å². The van der Waals surface area contributed by atoms with Gasteiger partial charge in [-0.1, -0.05) is 12.8 Å². The highest BCUT2D eigenvalue weighted by Gasteiger charge is 2.42. The van der Waals surface area contributed by atoms with Gasteiger partial charge in [-0.25, -0.2) is 4.79 Å². The predicted octanol–water partition coefficient (Wildman–Crippen LogP) is 1.71. The van der Waals surface area contributed by atoms with Crippen molar-refractivity contribution in [2.75, 3.05) is 40.3 Å². The minimum absolute atomic E-state index is 0.159. The normalized spacial score (nSPS) is 16.6. The van der Waals surface area contributed by atoms with Crippen LogP contribution in [-0.2, 0) is 9.53 Å². The van der Waals surface area contributed by atoms with E-state index >= 15 is 0 Å². The first-order valence-electron chi connectivity index (χ1n) is 9.80. The molecule has 0 bridgehead atoms. The molecule has 0 atom stereocenters. The van der Waals surface area contributed by atoms with Crippen LogP contribution in [0.5, 0.6) is 0 Å². The second-order valence-electron chi connectivity index (χ2n) is 8.24. The lowest BCUT2D eigenvalue weighted by molar-refractivity contribution is -0.138. The molecule has 2 amide bonds. The molecular weight excluding hydrogens is 346 g/mol. The van der Waals surface area contributed by atoms with Crippen LogP contribution in [0.1, 0.15) is 53.4 Å². The predicted molar refractivity (Wildman–Crippen MR) is 108 cm³/mol. The van der Waals surface area contributed by atoms with Gasteiger partial charge in [0, 0.05) is 33.7 Å². The molecule has 0 saturated heterocycles. The Morgan fingerprint density at radius 3 is 2.19 bits per heavy atom. The van der Waals surface area contributed by atoms with Crippen LogP contribution in [0.4, 0.5) is 4.79 Å². The largest absolute Gasteiger partial charge is 0.444 e. The zero-order valence-electron chi connectivity index (χ0n) is 17.8. The highest BCUT2D eigenvalue weighted by molar-refractivity contribution is 5.84. The Bertz CT molecular complexity index is 520. The molecule has 1 aliphatic carbocycles. The number of nitrogens with one attached hydrogen (secondary N) is 3. The second-order valence-corrected chi connectivity index (χ2v) is 8.24. The smallest absolute Gasteiger partial charge is 0.407 e. The first kappa shape index (κ1) is 23.0. The molecule has 3 N–H and O–H groups in total. The topological polar surface area (TPSA) is 95.1 Å². The van der Waals surface area contributed by atoms with E-state index < -0.39 is 11.7 Å². The molecule has 0 aromatic heterocycles. The summed E-state index contributed by atoms with van der Waals surface area (Å²) in [7, 11) is 3.61. The summed E-state index contributed by atoms with van der Waals surface area (Å²) in [5.74, 6) is 0.813. The molecule has 0 heterocycles. The van der Waals surface area contributed by atoms with E-state index in [0.717, 1.165) is 32.2 Å². The maximum Gasteiger partial charge on any atom is 0.407 e. The third kappa shape index (κ3) is 8.05. The Kier molecular flexibility index (Phi) is 8.85. The Balaban J connectivity index is 2.56. The van der Waals surface area contributed by atoms with Crippen LogP contribution in [-0.4, -0.2) is 68.7 Å². The average molecular weight is 384 g/mol. The number of carbonyl (C=O) groups excluding carboxylic acids is 2. The van der Waals surface area contributed by atoms with Gasteiger partial charge in [0.2, 0.25) is 5.91 Å². The summed E-state index contributed by atoms with van der Waals surface area (Å²) in [5.41, 5.74) is -0.900. The first-order valence-corrected chi connectivity index (χ1v) is 9.80. The number of alkyl carbamates (subject to hydrolysis) is 1. The van der Waals surface area contributed by atoms with E-state index in [1.54, 1.807) is 19.0 Å². The molecule has 0 radical (unpaired) electrons. The van der Waals surface area contributed by atoms with Crippen LogP contribution in [0, 0.1) is 5.41 Å². The zero-order chi connectivity index (χ0) is 20.5. The van der Waals surface area contributed by atoms with Crippen molar-refractivity contribution in [3.63, 3.8) is 0 Å². The summed E-state index contributed by atoms with van der Waals surface area (Å²) in [5, 5.41) is 9.09.